The summed E-state index contributed by atoms with van der Waals surface area (Å²) in [6, 6.07) is 9.65. The first-order valence-corrected chi connectivity index (χ1v) is 11.5. The second-order valence-electron chi connectivity index (χ2n) is 7.23. The quantitative estimate of drug-likeness (QED) is 0.708. The van der Waals surface area contributed by atoms with Crippen molar-refractivity contribution in [2.75, 3.05) is 25.0 Å². The van der Waals surface area contributed by atoms with E-state index in [-0.39, 0.29) is 27.9 Å². The number of rotatable bonds is 6. The fraction of sp³-hybridized carbons (Fsp3) is 0.333. The van der Waals surface area contributed by atoms with Gasteiger partial charge in [-0.05, 0) is 62.1 Å². The van der Waals surface area contributed by atoms with E-state index in [1.165, 1.54) is 22.5 Å². The minimum absolute atomic E-state index is 0.0612. The maximum atomic E-state index is 12.8. The largest absolute Gasteiger partial charge is 0.343 e. The molecule has 2 amide bonds. The third-order valence-corrected chi connectivity index (χ3v) is 7.54. The van der Waals surface area contributed by atoms with Crippen LogP contribution in [-0.2, 0) is 14.8 Å². The Bertz CT molecular complexity index is 1080. The van der Waals surface area contributed by atoms with E-state index in [4.69, 9.17) is 11.6 Å². The van der Waals surface area contributed by atoms with Gasteiger partial charge in [-0.15, -0.1) is 0 Å². The number of nitrogens with zero attached hydrogens (tertiary/aromatic N) is 1. The van der Waals surface area contributed by atoms with E-state index < -0.39 is 15.9 Å². The van der Waals surface area contributed by atoms with Crippen molar-refractivity contribution in [2.45, 2.75) is 31.6 Å². The highest BCUT2D eigenvalue weighted by Crippen LogP contribution is 2.28. The van der Waals surface area contributed by atoms with E-state index in [0.717, 1.165) is 24.0 Å². The molecule has 0 radical (unpaired) electrons. The summed E-state index contributed by atoms with van der Waals surface area (Å²) in [4.78, 5) is 24.6. The minimum Gasteiger partial charge on any atom is -0.343 e. The third kappa shape index (κ3) is 4.83. The minimum atomic E-state index is -3.76. The summed E-state index contributed by atoms with van der Waals surface area (Å²) in [7, 11) is -3.76. The van der Waals surface area contributed by atoms with Gasteiger partial charge in [0.1, 0.15) is 4.90 Å². The van der Waals surface area contributed by atoms with Gasteiger partial charge in [0.15, 0.2) is 0 Å². The van der Waals surface area contributed by atoms with E-state index in [1.54, 1.807) is 6.07 Å². The van der Waals surface area contributed by atoms with Crippen LogP contribution in [-0.4, -0.2) is 44.2 Å². The summed E-state index contributed by atoms with van der Waals surface area (Å²) in [5.41, 5.74) is 2.80. The highest BCUT2D eigenvalue weighted by atomic mass is 35.5. The van der Waals surface area contributed by atoms with Crippen LogP contribution in [0.15, 0.2) is 41.3 Å². The van der Waals surface area contributed by atoms with Crippen LogP contribution >= 0.6 is 11.6 Å². The Morgan fingerprint density at radius 3 is 2.50 bits per heavy atom. The van der Waals surface area contributed by atoms with Gasteiger partial charge in [-0.25, -0.2) is 8.42 Å². The number of amides is 2. The molecule has 0 aliphatic carbocycles. The molecule has 2 aromatic rings. The molecule has 160 valence electrons. The lowest BCUT2D eigenvalue weighted by Gasteiger charge is -2.17. The van der Waals surface area contributed by atoms with Gasteiger partial charge in [-0.1, -0.05) is 23.7 Å². The molecular formula is C21H24ClN3O4S. The number of halogens is 1. The van der Waals surface area contributed by atoms with Crippen molar-refractivity contribution in [3.8, 4) is 0 Å². The van der Waals surface area contributed by atoms with Crippen molar-refractivity contribution in [1.29, 1.82) is 0 Å². The molecule has 9 heteroatoms. The van der Waals surface area contributed by atoms with Gasteiger partial charge in [0.05, 0.1) is 11.6 Å². The number of hydrogen-bond acceptors (Lipinski definition) is 4. The molecule has 1 fully saturated rings. The highest BCUT2D eigenvalue weighted by molar-refractivity contribution is 7.89. The summed E-state index contributed by atoms with van der Waals surface area (Å²) in [6.45, 7) is 4.48. The molecule has 2 aromatic carbocycles. The number of carbonyl (C=O) groups excluding carboxylic acids is 2. The molecule has 0 atom stereocenters. The van der Waals surface area contributed by atoms with Crippen molar-refractivity contribution < 1.29 is 18.0 Å². The molecule has 1 heterocycles. The molecule has 3 rings (SSSR count). The van der Waals surface area contributed by atoms with E-state index in [1.807, 2.05) is 26.0 Å². The van der Waals surface area contributed by atoms with E-state index >= 15 is 0 Å². The predicted molar refractivity (Wildman–Crippen MR) is 116 cm³/mol. The summed E-state index contributed by atoms with van der Waals surface area (Å²) < 4.78 is 27.0. The Balaban J connectivity index is 1.68. The normalized spacial score (nSPS) is 14.5. The smallest absolute Gasteiger partial charge is 0.251 e. The van der Waals surface area contributed by atoms with Crippen LogP contribution in [0.2, 0.25) is 5.02 Å². The first kappa shape index (κ1) is 22.3. The molecule has 0 spiro atoms. The molecule has 0 saturated carbocycles. The number of hydrogen-bond donors (Lipinski definition) is 2. The zero-order valence-corrected chi connectivity index (χ0v) is 18.4. The van der Waals surface area contributed by atoms with Crippen LogP contribution in [0.1, 0.15) is 34.3 Å². The number of aryl methyl sites for hydroxylation is 1. The molecule has 7 nitrogen and oxygen atoms in total. The number of benzene rings is 2. The lowest BCUT2D eigenvalue weighted by atomic mass is 10.1. The van der Waals surface area contributed by atoms with Crippen LogP contribution in [0.25, 0.3) is 0 Å². The molecule has 0 aromatic heterocycles. The maximum absolute atomic E-state index is 12.8. The Morgan fingerprint density at radius 1 is 1.10 bits per heavy atom. The number of anilines is 1. The fourth-order valence-corrected chi connectivity index (χ4v) is 5.27. The van der Waals surface area contributed by atoms with Crippen LogP contribution in [0.4, 0.5) is 5.69 Å². The Morgan fingerprint density at radius 2 is 1.80 bits per heavy atom. The monoisotopic (exact) mass is 449 g/mol. The molecule has 0 bridgehead atoms. The van der Waals surface area contributed by atoms with Crippen molar-refractivity contribution in [1.82, 2.24) is 9.62 Å². The Labute approximate surface area is 181 Å². The maximum Gasteiger partial charge on any atom is 0.251 e. The highest BCUT2D eigenvalue weighted by Gasteiger charge is 2.29. The van der Waals surface area contributed by atoms with Crippen LogP contribution < -0.4 is 10.6 Å². The van der Waals surface area contributed by atoms with Crippen molar-refractivity contribution in [3.05, 3.63) is 58.1 Å². The topological polar surface area (TPSA) is 95.6 Å². The summed E-state index contributed by atoms with van der Waals surface area (Å²) in [5.74, 6) is -0.934. The SMILES string of the molecule is Cc1cccc(NC(=O)CNC(=O)c2ccc(Cl)c(S(=O)(=O)N3CCCC3)c2)c1C. The van der Waals surface area contributed by atoms with Crippen molar-refractivity contribution in [2.24, 2.45) is 0 Å². The Kier molecular flexibility index (Phi) is 6.80. The number of sulfonamides is 1. The van der Waals surface area contributed by atoms with Crippen LogP contribution in [0.5, 0.6) is 0 Å². The third-order valence-electron chi connectivity index (χ3n) is 5.16. The predicted octanol–water partition coefficient (Wildman–Crippen LogP) is 3.11. The average molecular weight is 450 g/mol. The lowest BCUT2D eigenvalue weighted by molar-refractivity contribution is -0.115. The molecular weight excluding hydrogens is 426 g/mol. The zero-order chi connectivity index (χ0) is 21.9. The van der Waals surface area contributed by atoms with Gasteiger partial charge in [-0.2, -0.15) is 4.31 Å². The number of carbonyl (C=O) groups is 2. The average Bonchev–Trinajstić information content (AvgIpc) is 3.25. The summed E-state index contributed by atoms with van der Waals surface area (Å²) in [5, 5.41) is 5.34. The standard InChI is InChI=1S/C21H24ClN3O4S/c1-14-6-5-7-18(15(14)2)24-20(26)13-23-21(27)16-8-9-17(22)19(12-16)30(28,29)25-10-3-4-11-25/h5-9,12H,3-4,10-11,13H2,1-2H3,(H,23,27)(H,24,26). The van der Waals surface area contributed by atoms with E-state index in [9.17, 15) is 18.0 Å². The van der Waals surface area contributed by atoms with Crippen LogP contribution in [0, 0.1) is 13.8 Å². The van der Waals surface area contributed by atoms with Crippen molar-refractivity contribution >= 4 is 39.1 Å². The lowest BCUT2D eigenvalue weighted by Crippen LogP contribution is -2.33. The van der Waals surface area contributed by atoms with Gasteiger partial charge in [0.2, 0.25) is 15.9 Å². The van der Waals surface area contributed by atoms with Crippen LogP contribution in [0.3, 0.4) is 0 Å². The van der Waals surface area contributed by atoms with E-state index in [2.05, 4.69) is 10.6 Å². The molecule has 1 aliphatic heterocycles. The van der Waals surface area contributed by atoms with E-state index in [0.29, 0.717) is 18.8 Å². The Hall–Kier alpha value is -2.42. The van der Waals surface area contributed by atoms with Gasteiger partial charge >= 0.3 is 0 Å². The van der Waals surface area contributed by atoms with Gasteiger partial charge < -0.3 is 10.6 Å². The first-order valence-electron chi connectivity index (χ1n) is 9.64. The molecule has 30 heavy (non-hydrogen) atoms. The first-order chi connectivity index (χ1) is 14.2. The molecule has 1 saturated heterocycles. The molecule has 0 unspecified atom stereocenters. The number of nitrogens with one attached hydrogen (secondary N) is 2. The molecule has 2 N–H and O–H groups in total. The summed E-state index contributed by atoms with van der Waals surface area (Å²) >= 11 is 6.11. The van der Waals surface area contributed by atoms with Crippen molar-refractivity contribution in [3.63, 3.8) is 0 Å². The second kappa shape index (κ2) is 9.16. The van der Waals surface area contributed by atoms with Gasteiger partial charge in [0.25, 0.3) is 5.91 Å². The summed E-state index contributed by atoms with van der Waals surface area (Å²) in [6.07, 6.45) is 1.60. The fourth-order valence-electron chi connectivity index (χ4n) is 3.25. The second-order valence-corrected chi connectivity index (χ2v) is 9.55. The molecule has 1 aliphatic rings. The zero-order valence-electron chi connectivity index (χ0n) is 16.9. The van der Waals surface area contributed by atoms with Gasteiger partial charge in [0, 0.05) is 24.3 Å². The van der Waals surface area contributed by atoms with Gasteiger partial charge in [-0.3, -0.25) is 9.59 Å².